The van der Waals surface area contributed by atoms with Crippen molar-refractivity contribution in [3.63, 3.8) is 0 Å². The summed E-state index contributed by atoms with van der Waals surface area (Å²) in [7, 11) is 0. The van der Waals surface area contributed by atoms with Crippen LogP contribution in [0.4, 0.5) is 4.39 Å². The third-order valence-electron chi connectivity index (χ3n) is 4.55. The van der Waals surface area contributed by atoms with Crippen LogP contribution in [0, 0.1) is 12.8 Å². The van der Waals surface area contributed by atoms with Crippen LogP contribution in [-0.2, 0) is 4.74 Å². The van der Waals surface area contributed by atoms with E-state index in [1.54, 1.807) is 18.2 Å². The number of allylic oxidation sites excluding steroid dienone is 1. The molecule has 3 rings (SSSR count). The van der Waals surface area contributed by atoms with Gasteiger partial charge in [0.1, 0.15) is 6.10 Å². The minimum absolute atomic E-state index is 0.248. The number of aromatic amines is 1. The van der Waals surface area contributed by atoms with Gasteiger partial charge >= 0.3 is 11.7 Å². The number of nitrogens with zero attached hydrogens (tertiary/aromatic N) is 1. The Kier molecular flexibility index (Phi) is 5.36. The molecule has 1 aromatic carbocycles. The first-order valence-corrected chi connectivity index (χ1v) is 8.43. The van der Waals surface area contributed by atoms with Gasteiger partial charge in [-0.05, 0) is 19.1 Å². The number of hydrogen-bond acceptors (Lipinski definition) is 5. The summed E-state index contributed by atoms with van der Waals surface area (Å²) < 4.78 is 21.6. The second-order valence-corrected chi connectivity index (χ2v) is 6.38. The van der Waals surface area contributed by atoms with Crippen molar-refractivity contribution in [3.8, 4) is 0 Å². The number of esters is 1. The normalized spacial score (nSPS) is 24.6. The summed E-state index contributed by atoms with van der Waals surface area (Å²) in [4.78, 5) is 38.1. The molecule has 2 aromatic rings. The Morgan fingerprint density at radius 2 is 1.96 bits per heavy atom. The van der Waals surface area contributed by atoms with E-state index in [1.807, 2.05) is 0 Å². The van der Waals surface area contributed by atoms with Crippen molar-refractivity contribution in [2.45, 2.75) is 25.2 Å². The fourth-order valence-electron chi connectivity index (χ4n) is 3.04. The van der Waals surface area contributed by atoms with Gasteiger partial charge < -0.3 is 9.84 Å². The number of carbonyl (C=O) groups excluding carboxylic acids is 1. The molecule has 0 bridgehead atoms. The molecule has 1 aromatic heterocycles. The molecular weight excluding hydrogens is 355 g/mol. The Bertz CT molecular complexity index is 966. The number of halogens is 1. The first-order valence-electron chi connectivity index (χ1n) is 8.43. The van der Waals surface area contributed by atoms with Crippen molar-refractivity contribution in [1.82, 2.24) is 9.55 Å². The van der Waals surface area contributed by atoms with Gasteiger partial charge in [0, 0.05) is 17.7 Å². The number of benzene rings is 1. The van der Waals surface area contributed by atoms with E-state index in [1.165, 1.54) is 37.4 Å². The lowest BCUT2D eigenvalue weighted by Gasteiger charge is -2.34. The maximum atomic E-state index is 15.2. The van der Waals surface area contributed by atoms with Crippen molar-refractivity contribution in [2.75, 3.05) is 6.61 Å². The largest absolute Gasteiger partial charge is 0.455 e. The highest BCUT2D eigenvalue weighted by atomic mass is 19.1. The lowest BCUT2D eigenvalue weighted by molar-refractivity contribution is -0.0314. The Hall–Kier alpha value is -3.00. The number of aromatic nitrogens is 2. The standard InChI is InChI=1S/C19H19FN2O5/c1-11-9-22(19(26)21-17(11)24)14-8-7-13(10-23)16(15(14)20)27-18(25)12-5-3-2-4-6-12/h2-9,13-16,23H,10H2,1H3,(H,21,24,26)/t13?,14-,15+,16-/m1/s1. The average Bonchev–Trinajstić information content (AvgIpc) is 2.67. The maximum absolute atomic E-state index is 15.2. The Morgan fingerprint density at radius 3 is 2.63 bits per heavy atom. The monoisotopic (exact) mass is 374 g/mol. The molecule has 1 aliphatic rings. The van der Waals surface area contributed by atoms with Crippen LogP contribution in [0.15, 0.2) is 58.3 Å². The zero-order valence-corrected chi connectivity index (χ0v) is 14.5. The minimum Gasteiger partial charge on any atom is -0.455 e. The third-order valence-corrected chi connectivity index (χ3v) is 4.55. The number of alkyl halides is 1. The molecule has 27 heavy (non-hydrogen) atoms. The summed E-state index contributed by atoms with van der Waals surface area (Å²) in [6.45, 7) is 1.08. The van der Waals surface area contributed by atoms with E-state index in [0.717, 1.165) is 4.57 Å². The summed E-state index contributed by atoms with van der Waals surface area (Å²) in [5.41, 5.74) is -0.813. The second-order valence-electron chi connectivity index (χ2n) is 6.38. The van der Waals surface area contributed by atoms with Gasteiger partial charge in [0.2, 0.25) is 0 Å². The fourth-order valence-corrected chi connectivity index (χ4v) is 3.04. The van der Waals surface area contributed by atoms with Gasteiger partial charge in [-0.1, -0.05) is 30.4 Å². The van der Waals surface area contributed by atoms with Crippen molar-refractivity contribution < 1.29 is 19.0 Å². The minimum atomic E-state index is -1.79. The molecular formula is C19H19FN2O5. The zero-order chi connectivity index (χ0) is 19.6. The van der Waals surface area contributed by atoms with Crippen molar-refractivity contribution >= 4 is 5.97 Å². The SMILES string of the molecule is Cc1cn([C@@H]2C=CC(CO)[C@@H](OC(=O)c3ccccc3)[C@H]2F)c(=O)[nH]c1=O. The van der Waals surface area contributed by atoms with Crippen molar-refractivity contribution in [2.24, 2.45) is 5.92 Å². The van der Waals surface area contributed by atoms with Crippen molar-refractivity contribution in [3.05, 3.63) is 80.6 Å². The van der Waals surface area contributed by atoms with Gasteiger partial charge in [0.05, 0.1) is 18.2 Å². The fraction of sp³-hybridized carbons (Fsp3) is 0.316. The van der Waals surface area contributed by atoms with Crippen LogP contribution >= 0.6 is 0 Å². The van der Waals surface area contributed by atoms with Crippen LogP contribution in [0.25, 0.3) is 0 Å². The van der Waals surface area contributed by atoms with Crippen LogP contribution in [0.1, 0.15) is 22.0 Å². The van der Waals surface area contributed by atoms with E-state index in [0.29, 0.717) is 0 Å². The summed E-state index contributed by atoms with van der Waals surface area (Å²) in [5.74, 6) is -1.47. The quantitative estimate of drug-likeness (QED) is 0.617. The smallest absolute Gasteiger partial charge is 0.338 e. The molecule has 1 aliphatic carbocycles. The number of H-pyrrole nitrogens is 1. The number of rotatable bonds is 4. The summed E-state index contributed by atoms with van der Waals surface area (Å²) in [5, 5.41) is 9.53. The van der Waals surface area contributed by atoms with Gasteiger partial charge in [-0.15, -0.1) is 0 Å². The maximum Gasteiger partial charge on any atom is 0.338 e. The van der Waals surface area contributed by atoms with Crippen LogP contribution in [0.2, 0.25) is 0 Å². The van der Waals surface area contributed by atoms with E-state index >= 15 is 4.39 Å². The number of aryl methyl sites for hydroxylation is 1. The Balaban J connectivity index is 1.92. The second kappa shape index (κ2) is 7.71. The molecule has 4 atom stereocenters. The highest BCUT2D eigenvalue weighted by Gasteiger charge is 2.40. The van der Waals surface area contributed by atoms with Crippen LogP contribution < -0.4 is 11.2 Å². The van der Waals surface area contributed by atoms with Crippen LogP contribution in [0.5, 0.6) is 0 Å². The Morgan fingerprint density at radius 1 is 1.26 bits per heavy atom. The van der Waals surface area contributed by atoms with E-state index in [4.69, 9.17) is 4.74 Å². The number of carbonyl (C=O) groups is 1. The first-order chi connectivity index (χ1) is 12.9. The number of aliphatic hydroxyl groups is 1. The molecule has 142 valence electrons. The number of aliphatic hydroxyl groups excluding tert-OH is 1. The molecule has 7 nitrogen and oxygen atoms in total. The highest BCUT2D eigenvalue weighted by molar-refractivity contribution is 5.89. The van der Waals surface area contributed by atoms with E-state index < -0.39 is 48.1 Å². The molecule has 0 spiro atoms. The summed E-state index contributed by atoms with van der Waals surface area (Å²) in [6.07, 6.45) is 1.13. The molecule has 1 heterocycles. The molecule has 0 fully saturated rings. The highest BCUT2D eigenvalue weighted by Crippen LogP contribution is 2.31. The van der Waals surface area contributed by atoms with Gasteiger partial charge in [0.25, 0.3) is 5.56 Å². The van der Waals surface area contributed by atoms with Crippen molar-refractivity contribution in [1.29, 1.82) is 0 Å². The topological polar surface area (TPSA) is 101 Å². The predicted octanol–water partition coefficient (Wildman–Crippen LogP) is 1.13. The molecule has 0 saturated carbocycles. The third kappa shape index (κ3) is 3.75. The Labute approximate surface area is 153 Å². The van der Waals surface area contributed by atoms with Gasteiger partial charge in [-0.25, -0.2) is 14.0 Å². The molecule has 1 unspecified atom stereocenters. The van der Waals surface area contributed by atoms with E-state index in [9.17, 15) is 19.5 Å². The van der Waals surface area contributed by atoms with Crippen LogP contribution in [-0.4, -0.2) is 39.5 Å². The van der Waals surface area contributed by atoms with Gasteiger partial charge in [-0.3, -0.25) is 14.3 Å². The lowest BCUT2D eigenvalue weighted by Crippen LogP contribution is -2.46. The number of ether oxygens (including phenoxy) is 1. The van der Waals surface area contributed by atoms with E-state index in [-0.39, 0.29) is 11.1 Å². The zero-order valence-electron chi connectivity index (χ0n) is 14.5. The molecule has 0 aliphatic heterocycles. The molecule has 0 radical (unpaired) electrons. The molecule has 0 saturated heterocycles. The molecule has 0 amide bonds. The summed E-state index contributed by atoms with van der Waals surface area (Å²) in [6, 6.07) is 7.03. The van der Waals surface area contributed by atoms with E-state index in [2.05, 4.69) is 4.98 Å². The number of nitrogens with one attached hydrogen (secondary N) is 1. The average molecular weight is 374 g/mol. The van der Waals surface area contributed by atoms with Crippen LogP contribution in [0.3, 0.4) is 0 Å². The number of hydrogen-bond donors (Lipinski definition) is 2. The lowest BCUT2D eigenvalue weighted by atomic mass is 9.88. The summed E-state index contributed by atoms with van der Waals surface area (Å²) >= 11 is 0. The molecule has 8 heteroatoms. The van der Waals surface area contributed by atoms with Gasteiger partial charge in [0.15, 0.2) is 6.17 Å². The predicted molar refractivity (Wildman–Crippen MR) is 95.4 cm³/mol. The molecule has 2 N–H and O–H groups in total. The first kappa shape index (κ1) is 18.8. The van der Waals surface area contributed by atoms with Gasteiger partial charge in [-0.2, -0.15) is 0 Å².